The first-order valence-corrected chi connectivity index (χ1v) is 6.62. The molecule has 0 aliphatic rings. The Bertz CT molecular complexity index is 620. The zero-order chi connectivity index (χ0) is 14.7. The Morgan fingerprint density at radius 2 is 1.85 bits per heavy atom. The van der Waals surface area contributed by atoms with E-state index in [-0.39, 0.29) is 12.0 Å². The Hall–Kier alpha value is -1.20. The van der Waals surface area contributed by atoms with Crippen LogP contribution in [0.5, 0.6) is 0 Å². The zero-order valence-corrected chi connectivity index (χ0v) is 11.8. The molecule has 0 bridgehead atoms. The molecule has 0 radical (unpaired) electrons. The van der Waals surface area contributed by atoms with E-state index in [0.29, 0.717) is 15.6 Å². The molecule has 0 spiro atoms. The van der Waals surface area contributed by atoms with E-state index in [1.165, 1.54) is 0 Å². The van der Waals surface area contributed by atoms with Gasteiger partial charge in [0.05, 0.1) is 6.04 Å². The maximum absolute atomic E-state index is 13.7. The van der Waals surface area contributed by atoms with E-state index in [4.69, 9.17) is 29.0 Å². The van der Waals surface area contributed by atoms with Crippen molar-refractivity contribution in [1.82, 2.24) is 5.43 Å². The predicted octanol–water partition coefficient (Wildman–Crippen LogP) is 4.02. The van der Waals surface area contributed by atoms with Gasteiger partial charge in [-0.3, -0.25) is 11.3 Å². The van der Waals surface area contributed by atoms with Gasteiger partial charge in [-0.05, 0) is 53.9 Å². The van der Waals surface area contributed by atoms with Crippen molar-refractivity contribution >= 4 is 23.2 Å². The van der Waals surface area contributed by atoms with Crippen LogP contribution in [0.1, 0.15) is 17.2 Å². The second kappa shape index (κ2) is 6.50. The summed E-state index contributed by atoms with van der Waals surface area (Å²) in [6.45, 7) is 0. The molecule has 0 amide bonds. The van der Waals surface area contributed by atoms with Gasteiger partial charge in [0.15, 0.2) is 0 Å². The van der Waals surface area contributed by atoms with Gasteiger partial charge in [-0.2, -0.15) is 0 Å². The highest BCUT2D eigenvalue weighted by Gasteiger charge is 2.17. The van der Waals surface area contributed by atoms with Crippen molar-refractivity contribution in [3.63, 3.8) is 0 Å². The normalized spacial score (nSPS) is 12.4. The van der Waals surface area contributed by atoms with Gasteiger partial charge in [0.1, 0.15) is 11.6 Å². The molecule has 0 fully saturated rings. The standard InChI is InChI=1S/C14H12Cl2F2N2/c15-9-1-3-12(16)11(7-9)14(20-19)6-8-5-10(17)2-4-13(8)18/h1-5,7,14,20H,6,19H2. The molecule has 0 saturated heterocycles. The minimum absolute atomic E-state index is 0.153. The maximum atomic E-state index is 13.7. The van der Waals surface area contributed by atoms with Crippen LogP contribution in [0.4, 0.5) is 8.78 Å². The highest BCUT2D eigenvalue weighted by atomic mass is 35.5. The Balaban J connectivity index is 2.33. The molecule has 106 valence electrons. The number of benzene rings is 2. The Morgan fingerprint density at radius 3 is 2.55 bits per heavy atom. The lowest BCUT2D eigenvalue weighted by atomic mass is 9.99. The number of hydrogen-bond acceptors (Lipinski definition) is 2. The molecule has 0 aliphatic carbocycles. The Kier molecular flexibility index (Phi) is 4.94. The number of hydrazine groups is 1. The molecular formula is C14H12Cl2F2N2. The molecule has 1 unspecified atom stereocenters. The number of nitrogens with two attached hydrogens (primary N) is 1. The summed E-state index contributed by atoms with van der Waals surface area (Å²) in [5.74, 6) is 4.49. The summed E-state index contributed by atoms with van der Waals surface area (Å²) in [7, 11) is 0. The summed E-state index contributed by atoms with van der Waals surface area (Å²) in [5, 5.41) is 0.943. The third-order valence-electron chi connectivity index (χ3n) is 2.97. The van der Waals surface area contributed by atoms with E-state index >= 15 is 0 Å². The fourth-order valence-corrected chi connectivity index (χ4v) is 2.39. The molecule has 2 rings (SSSR count). The van der Waals surface area contributed by atoms with Crippen molar-refractivity contribution in [1.29, 1.82) is 0 Å². The third kappa shape index (κ3) is 3.46. The maximum Gasteiger partial charge on any atom is 0.126 e. The minimum Gasteiger partial charge on any atom is -0.271 e. The van der Waals surface area contributed by atoms with Gasteiger partial charge in [-0.25, -0.2) is 8.78 Å². The molecule has 2 aromatic rings. The fraction of sp³-hybridized carbons (Fsp3) is 0.143. The van der Waals surface area contributed by atoms with Crippen LogP contribution in [-0.4, -0.2) is 0 Å². The van der Waals surface area contributed by atoms with E-state index in [9.17, 15) is 8.78 Å². The molecule has 1 atom stereocenters. The fourth-order valence-electron chi connectivity index (χ4n) is 1.96. The van der Waals surface area contributed by atoms with Crippen molar-refractivity contribution in [2.45, 2.75) is 12.5 Å². The Labute approximate surface area is 125 Å². The summed E-state index contributed by atoms with van der Waals surface area (Å²) < 4.78 is 26.8. The average molecular weight is 317 g/mol. The SMILES string of the molecule is NNC(Cc1cc(F)ccc1F)c1cc(Cl)ccc1Cl. The van der Waals surface area contributed by atoms with Crippen LogP contribution < -0.4 is 11.3 Å². The average Bonchev–Trinajstić information content (AvgIpc) is 2.42. The lowest BCUT2D eigenvalue weighted by molar-refractivity contribution is 0.523. The molecule has 6 heteroatoms. The Morgan fingerprint density at radius 1 is 1.10 bits per heavy atom. The molecule has 2 nitrogen and oxygen atoms in total. The number of halogens is 4. The largest absolute Gasteiger partial charge is 0.271 e. The second-order valence-electron chi connectivity index (χ2n) is 4.32. The van der Waals surface area contributed by atoms with E-state index in [2.05, 4.69) is 5.43 Å². The van der Waals surface area contributed by atoms with Crippen LogP contribution in [0.25, 0.3) is 0 Å². The highest BCUT2D eigenvalue weighted by molar-refractivity contribution is 6.33. The van der Waals surface area contributed by atoms with Gasteiger partial charge in [-0.1, -0.05) is 23.2 Å². The number of nitrogens with one attached hydrogen (secondary N) is 1. The number of hydrogen-bond donors (Lipinski definition) is 2. The van der Waals surface area contributed by atoms with Gasteiger partial charge in [0, 0.05) is 10.0 Å². The lowest BCUT2D eigenvalue weighted by Gasteiger charge is -2.18. The first kappa shape index (κ1) is 15.2. The van der Waals surface area contributed by atoms with Crippen molar-refractivity contribution in [2.75, 3.05) is 0 Å². The molecule has 0 saturated carbocycles. The summed E-state index contributed by atoms with van der Waals surface area (Å²) in [5.41, 5.74) is 3.39. The van der Waals surface area contributed by atoms with Crippen LogP contribution in [0, 0.1) is 11.6 Å². The zero-order valence-electron chi connectivity index (χ0n) is 10.3. The topological polar surface area (TPSA) is 38.0 Å². The van der Waals surface area contributed by atoms with E-state index in [1.807, 2.05) is 0 Å². The van der Waals surface area contributed by atoms with Gasteiger partial charge in [-0.15, -0.1) is 0 Å². The van der Waals surface area contributed by atoms with Crippen LogP contribution in [0.15, 0.2) is 36.4 Å². The van der Waals surface area contributed by atoms with E-state index in [0.717, 1.165) is 18.2 Å². The molecule has 0 aromatic heterocycles. The van der Waals surface area contributed by atoms with Crippen molar-refractivity contribution in [2.24, 2.45) is 5.84 Å². The van der Waals surface area contributed by atoms with Crippen molar-refractivity contribution < 1.29 is 8.78 Å². The summed E-state index contributed by atoms with van der Waals surface area (Å²) >= 11 is 12.0. The summed E-state index contributed by atoms with van der Waals surface area (Å²) in [4.78, 5) is 0. The van der Waals surface area contributed by atoms with Crippen molar-refractivity contribution in [3.05, 3.63) is 69.2 Å². The monoisotopic (exact) mass is 316 g/mol. The molecule has 2 aromatic carbocycles. The summed E-state index contributed by atoms with van der Waals surface area (Å²) in [6.07, 6.45) is 0.153. The van der Waals surface area contributed by atoms with Crippen LogP contribution in [-0.2, 0) is 6.42 Å². The van der Waals surface area contributed by atoms with E-state index < -0.39 is 17.7 Å². The van der Waals surface area contributed by atoms with Gasteiger partial charge in [0.2, 0.25) is 0 Å². The highest BCUT2D eigenvalue weighted by Crippen LogP contribution is 2.28. The van der Waals surface area contributed by atoms with E-state index in [1.54, 1.807) is 18.2 Å². The second-order valence-corrected chi connectivity index (χ2v) is 5.17. The van der Waals surface area contributed by atoms with Crippen molar-refractivity contribution in [3.8, 4) is 0 Å². The predicted molar refractivity (Wildman–Crippen MR) is 76.6 cm³/mol. The lowest BCUT2D eigenvalue weighted by Crippen LogP contribution is -2.30. The quantitative estimate of drug-likeness (QED) is 0.660. The van der Waals surface area contributed by atoms with Gasteiger partial charge in [0.25, 0.3) is 0 Å². The van der Waals surface area contributed by atoms with Crippen LogP contribution in [0.3, 0.4) is 0 Å². The van der Waals surface area contributed by atoms with Gasteiger partial charge < -0.3 is 0 Å². The minimum atomic E-state index is -0.505. The third-order valence-corrected chi connectivity index (χ3v) is 3.55. The van der Waals surface area contributed by atoms with Crippen LogP contribution in [0.2, 0.25) is 10.0 Å². The molecule has 20 heavy (non-hydrogen) atoms. The van der Waals surface area contributed by atoms with Crippen LogP contribution >= 0.6 is 23.2 Å². The molecule has 0 aliphatic heterocycles. The summed E-state index contributed by atoms with van der Waals surface area (Å²) in [6, 6.07) is 7.73. The molecule has 0 heterocycles. The first-order valence-electron chi connectivity index (χ1n) is 5.86. The molecular weight excluding hydrogens is 305 g/mol. The smallest absolute Gasteiger partial charge is 0.126 e. The molecule has 3 N–H and O–H groups in total. The number of rotatable bonds is 4. The van der Waals surface area contributed by atoms with Gasteiger partial charge >= 0.3 is 0 Å². The first-order chi connectivity index (χ1) is 9.51.